The maximum Gasteiger partial charge on any atom is 0.325 e. The van der Waals surface area contributed by atoms with Gasteiger partial charge in [-0.05, 0) is 32.7 Å². The van der Waals surface area contributed by atoms with Crippen LogP contribution in [0.25, 0.3) is 0 Å². The molecule has 1 aliphatic rings. The van der Waals surface area contributed by atoms with Crippen molar-refractivity contribution in [3.63, 3.8) is 0 Å². The fourth-order valence-electron chi connectivity index (χ4n) is 2.14. The van der Waals surface area contributed by atoms with E-state index in [4.69, 9.17) is 5.73 Å². The number of ether oxygens (including phenoxy) is 1. The summed E-state index contributed by atoms with van der Waals surface area (Å²) in [5.41, 5.74) is 4.93. The molecular formula is C12H24N2O4S. The van der Waals surface area contributed by atoms with E-state index in [1.807, 2.05) is 0 Å². The molecule has 0 aliphatic carbocycles. The number of carbonyl (C=O) groups excluding carboxylic acids is 1. The van der Waals surface area contributed by atoms with Gasteiger partial charge in [-0.2, -0.15) is 0 Å². The zero-order valence-corrected chi connectivity index (χ0v) is 12.5. The number of unbranched alkanes of at least 4 members (excludes halogenated alkanes) is 1. The number of hydrogen-bond acceptors (Lipinski definition) is 6. The lowest BCUT2D eigenvalue weighted by Crippen LogP contribution is -2.45. The first-order valence-electron chi connectivity index (χ1n) is 6.57. The smallest absolute Gasteiger partial charge is 0.325 e. The minimum absolute atomic E-state index is 0.254. The molecule has 19 heavy (non-hydrogen) atoms. The Morgan fingerprint density at radius 2 is 1.89 bits per heavy atom. The van der Waals surface area contributed by atoms with Crippen LogP contribution in [-0.4, -0.2) is 63.1 Å². The summed E-state index contributed by atoms with van der Waals surface area (Å²) in [5, 5.41) is 0. The van der Waals surface area contributed by atoms with E-state index >= 15 is 0 Å². The molecule has 6 nitrogen and oxygen atoms in total. The molecule has 0 aromatic carbocycles. The molecule has 1 unspecified atom stereocenters. The lowest BCUT2D eigenvalue weighted by Gasteiger charge is -2.27. The quantitative estimate of drug-likeness (QED) is 0.537. The number of nitrogens with two attached hydrogens (primary N) is 1. The number of esters is 1. The molecule has 0 radical (unpaired) electrons. The van der Waals surface area contributed by atoms with Gasteiger partial charge in [-0.15, -0.1) is 0 Å². The van der Waals surface area contributed by atoms with E-state index in [9.17, 15) is 13.2 Å². The lowest BCUT2D eigenvalue weighted by molar-refractivity contribution is -0.146. The molecule has 1 rings (SSSR count). The van der Waals surface area contributed by atoms with Gasteiger partial charge < -0.3 is 15.4 Å². The molecule has 1 aliphatic heterocycles. The predicted molar refractivity (Wildman–Crippen MR) is 73.6 cm³/mol. The van der Waals surface area contributed by atoms with Crippen molar-refractivity contribution in [1.82, 2.24) is 4.90 Å². The second-order valence-electron chi connectivity index (χ2n) is 5.36. The van der Waals surface area contributed by atoms with Crippen LogP contribution in [0.4, 0.5) is 0 Å². The number of nitrogens with zero attached hydrogens (tertiary/aromatic N) is 1. The Labute approximate surface area is 115 Å². The highest BCUT2D eigenvalue weighted by Gasteiger charge is 2.28. The van der Waals surface area contributed by atoms with Gasteiger partial charge in [-0.1, -0.05) is 0 Å². The van der Waals surface area contributed by atoms with E-state index in [0.717, 1.165) is 19.4 Å². The molecule has 0 aromatic heterocycles. The Kier molecular flexibility index (Phi) is 5.76. The average molecular weight is 292 g/mol. The van der Waals surface area contributed by atoms with Crippen molar-refractivity contribution in [2.75, 3.05) is 38.2 Å². The van der Waals surface area contributed by atoms with E-state index in [0.29, 0.717) is 19.5 Å². The molecule has 0 aromatic rings. The first kappa shape index (κ1) is 16.4. The summed E-state index contributed by atoms with van der Waals surface area (Å²) in [4.78, 5) is 13.5. The molecule has 1 fully saturated rings. The van der Waals surface area contributed by atoms with Crippen molar-refractivity contribution < 1.29 is 17.9 Å². The first-order chi connectivity index (χ1) is 8.77. The van der Waals surface area contributed by atoms with E-state index in [1.54, 1.807) is 6.92 Å². The van der Waals surface area contributed by atoms with Crippen LogP contribution >= 0.6 is 0 Å². The fourth-order valence-corrected chi connectivity index (χ4v) is 3.41. The van der Waals surface area contributed by atoms with Crippen LogP contribution in [0.15, 0.2) is 0 Å². The third-order valence-corrected chi connectivity index (χ3v) is 5.12. The highest BCUT2D eigenvalue weighted by molar-refractivity contribution is 7.91. The van der Waals surface area contributed by atoms with Gasteiger partial charge in [0.2, 0.25) is 0 Å². The van der Waals surface area contributed by atoms with Crippen molar-refractivity contribution in [2.45, 2.75) is 31.7 Å². The lowest BCUT2D eigenvalue weighted by atomic mass is 9.96. The summed E-state index contributed by atoms with van der Waals surface area (Å²) in [7, 11) is -1.47. The van der Waals surface area contributed by atoms with Crippen molar-refractivity contribution in [2.24, 2.45) is 5.73 Å². The zero-order chi connectivity index (χ0) is 14.5. The molecule has 0 amide bonds. The van der Waals surface area contributed by atoms with E-state index in [1.165, 1.54) is 7.11 Å². The minimum Gasteiger partial charge on any atom is -0.468 e. The molecule has 2 N–H and O–H groups in total. The second kappa shape index (κ2) is 6.67. The maximum atomic E-state index is 11.4. The molecule has 7 heteroatoms. The molecule has 1 atom stereocenters. The van der Waals surface area contributed by atoms with Crippen LogP contribution in [0.1, 0.15) is 26.2 Å². The standard InChI is InChI=1S/C12H24N2O4S/c1-12(13,11(15)18-2)5-3-4-6-14-7-9-19(16,17)10-8-14/h3-10,13H2,1-2H3. The van der Waals surface area contributed by atoms with Crippen LogP contribution in [0, 0.1) is 0 Å². The van der Waals surface area contributed by atoms with E-state index in [2.05, 4.69) is 9.64 Å². The van der Waals surface area contributed by atoms with E-state index in [-0.39, 0.29) is 11.5 Å². The average Bonchev–Trinajstić information content (AvgIpc) is 2.35. The van der Waals surface area contributed by atoms with Crippen molar-refractivity contribution >= 4 is 15.8 Å². The van der Waals surface area contributed by atoms with Gasteiger partial charge in [-0.3, -0.25) is 4.79 Å². The SMILES string of the molecule is COC(=O)C(C)(N)CCCCN1CCS(=O)(=O)CC1. The van der Waals surface area contributed by atoms with Gasteiger partial charge in [-0.25, -0.2) is 8.42 Å². The molecule has 112 valence electrons. The number of rotatable bonds is 6. The van der Waals surface area contributed by atoms with Crippen LogP contribution in [0.5, 0.6) is 0 Å². The van der Waals surface area contributed by atoms with Gasteiger partial charge >= 0.3 is 5.97 Å². The van der Waals surface area contributed by atoms with Crippen molar-refractivity contribution in [3.8, 4) is 0 Å². The molecule has 0 spiro atoms. The Morgan fingerprint density at radius 1 is 1.32 bits per heavy atom. The highest BCUT2D eigenvalue weighted by Crippen LogP contribution is 2.13. The second-order valence-corrected chi connectivity index (χ2v) is 7.66. The molecule has 1 saturated heterocycles. The molecule has 0 saturated carbocycles. The topological polar surface area (TPSA) is 89.7 Å². The summed E-state index contributed by atoms with van der Waals surface area (Å²) in [6, 6.07) is 0. The minimum atomic E-state index is -2.81. The van der Waals surface area contributed by atoms with Crippen LogP contribution in [0.2, 0.25) is 0 Å². The van der Waals surface area contributed by atoms with Crippen molar-refractivity contribution in [1.29, 1.82) is 0 Å². The summed E-state index contributed by atoms with van der Waals surface area (Å²) in [6.07, 6.45) is 2.31. The van der Waals surface area contributed by atoms with Crippen LogP contribution < -0.4 is 5.73 Å². The van der Waals surface area contributed by atoms with Crippen molar-refractivity contribution in [3.05, 3.63) is 0 Å². The largest absolute Gasteiger partial charge is 0.468 e. The Hall–Kier alpha value is -0.660. The Morgan fingerprint density at radius 3 is 2.42 bits per heavy atom. The maximum absolute atomic E-state index is 11.4. The zero-order valence-electron chi connectivity index (χ0n) is 11.7. The summed E-state index contributed by atoms with van der Waals surface area (Å²) in [5.74, 6) is 0.115. The summed E-state index contributed by atoms with van der Waals surface area (Å²) >= 11 is 0. The molecule has 1 heterocycles. The van der Waals surface area contributed by atoms with Gasteiger partial charge in [0.15, 0.2) is 9.84 Å². The Balaban J connectivity index is 2.20. The Bertz CT molecular complexity index is 392. The van der Waals surface area contributed by atoms with E-state index < -0.39 is 21.3 Å². The predicted octanol–water partition coefficient (Wildman–Crippen LogP) is -0.222. The monoisotopic (exact) mass is 292 g/mol. The van der Waals surface area contributed by atoms with Crippen LogP contribution in [-0.2, 0) is 19.4 Å². The third-order valence-electron chi connectivity index (χ3n) is 3.51. The number of hydrogen-bond donors (Lipinski definition) is 1. The first-order valence-corrected chi connectivity index (χ1v) is 8.39. The number of carbonyl (C=O) groups is 1. The summed E-state index contributed by atoms with van der Waals surface area (Å²) in [6.45, 7) is 3.75. The van der Waals surface area contributed by atoms with Crippen LogP contribution in [0.3, 0.4) is 0 Å². The molecule has 0 bridgehead atoms. The third kappa shape index (κ3) is 5.46. The highest BCUT2D eigenvalue weighted by atomic mass is 32.2. The molecular weight excluding hydrogens is 268 g/mol. The summed E-state index contributed by atoms with van der Waals surface area (Å²) < 4.78 is 27.2. The van der Waals surface area contributed by atoms with Gasteiger partial charge in [0.1, 0.15) is 5.54 Å². The van der Waals surface area contributed by atoms with Gasteiger partial charge in [0.05, 0.1) is 18.6 Å². The number of sulfone groups is 1. The van der Waals surface area contributed by atoms with Gasteiger partial charge in [0, 0.05) is 13.1 Å². The number of methoxy groups -OCH3 is 1. The fraction of sp³-hybridized carbons (Fsp3) is 0.917. The van der Waals surface area contributed by atoms with Gasteiger partial charge in [0.25, 0.3) is 0 Å². The normalized spacial score (nSPS) is 22.7.